The monoisotopic (exact) mass is 367 g/mol. The summed E-state index contributed by atoms with van der Waals surface area (Å²) in [6.45, 7) is 0.395. The van der Waals surface area contributed by atoms with Crippen LogP contribution in [0, 0.1) is 0 Å². The van der Waals surface area contributed by atoms with E-state index >= 15 is 0 Å². The molecular weight excluding hydrogens is 357 g/mol. The Kier molecular flexibility index (Phi) is 4.00. The van der Waals surface area contributed by atoms with Crippen molar-refractivity contribution in [1.82, 2.24) is 4.90 Å². The van der Waals surface area contributed by atoms with Crippen molar-refractivity contribution in [3.05, 3.63) is 57.5 Å². The zero-order chi connectivity index (χ0) is 15.0. The fourth-order valence-corrected chi connectivity index (χ4v) is 2.68. The van der Waals surface area contributed by atoms with Crippen LogP contribution in [-0.2, 0) is 0 Å². The second kappa shape index (κ2) is 5.78. The van der Waals surface area contributed by atoms with E-state index in [2.05, 4.69) is 15.9 Å². The number of benzene rings is 2. The van der Waals surface area contributed by atoms with E-state index in [4.69, 9.17) is 11.6 Å². The van der Waals surface area contributed by atoms with Gasteiger partial charge in [0.1, 0.15) is 6.17 Å². The maximum absolute atomic E-state index is 12.8. The van der Waals surface area contributed by atoms with Crippen molar-refractivity contribution in [2.24, 2.45) is 0 Å². The lowest BCUT2D eigenvalue weighted by atomic mass is 10.0. The Morgan fingerprint density at radius 2 is 1.76 bits per heavy atom. The molecular formula is C16H12BrClFNO. The number of rotatable bonds is 2. The van der Waals surface area contributed by atoms with Gasteiger partial charge >= 0.3 is 0 Å². The molecule has 1 saturated heterocycles. The van der Waals surface area contributed by atoms with Gasteiger partial charge in [-0.25, -0.2) is 4.39 Å². The predicted octanol–water partition coefficient (Wildman–Crippen LogP) is 4.56. The van der Waals surface area contributed by atoms with Crippen molar-refractivity contribution in [1.29, 1.82) is 0 Å². The lowest BCUT2D eigenvalue weighted by molar-refractivity contribution is 0.0400. The number of likely N-dealkylation sites (tertiary alicyclic amines) is 1. The van der Waals surface area contributed by atoms with E-state index in [1.165, 1.54) is 4.90 Å². The maximum atomic E-state index is 12.8. The van der Waals surface area contributed by atoms with Crippen molar-refractivity contribution in [3.8, 4) is 11.1 Å². The van der Waals surface area contributed by atoms with E-state index in [0.29, 0.717) is 10.6 Å². The highest BCUT2D eigenvalue weighted by Crippen LogP contribution is 2.29. The first-order chi connectivity index (χ1) is 10.0. The summed E-state index contributed by atoms with van der Waals surface area (Å²) in [6.07, 6.45) is -0.877. The standard InChI is InChI=1S/C16H12BrClFNO/c17-14-6-5-12(7-15(14)18)10-1-3-11(4-2-10)16(21)20-8-13(19)9-20/h1-7,13H,8-9H2. The topological polar surface area (TPSA) is 20.3 Å². The van der Waals surface area contributed by atoms with Gasteiger partial charge in [0, 0.05) is 10.0 Å². The van der Waals surface area contributed by atoms with Crippen LogP contribution in [0.4, 0.5) is 4.39 Å². The first-order valence-corrected chi connectivity index (χ1v) is 7.70. The highest BCUT2D eigenvalue weighted by atomic mass is 79.9. The Labute approximate surface area is 135 Å². The molecule has 0 spiro atoms. The molecule has 0 aliphatic carbocycles. The molecule has 0 bridgehead atoms. The minimum atomic E-state index is -0.877. The molecule has 1 aliphatic heterocycles. The van der Waals surface area contributed by atoms with Gasteiger partial charge in [-0.05, 0) is 51.3 Å². The highest BCUT2D eigenvalue weighted by molar-refractivity contribution is 9.10. The number of alkyl halides is 1. The Hall–Kier alpha value is -1.39. The number of hydrogen-bond acceptors (Lipinski definition) is 1. The first kappa shape index (κ1) is 14.5. The molecule has 0 radical (unpaired) electrons. The van der Waals surface area contributed by atoms with Crippen molar-refractivity contribution in [2.45, 2.75) is 6.17 Å². The van der Waals surface area contributed by atoms with Crippen LogP contribution < -0.4 is 0 Å². The van der Waals surface area contributed by atoms with Crippen molar-refractivity contribution in [3.63, 3.8) is 0 Å². The molecule has 2 aromatic rings. The van der Waals surface area contributed by atoms with E-state index in [9.17, 15) is 9.18 Å². The Balaban J connectivity index is 1.80. The van der Waals surface area contributed by atoms with E-state index in [-0.39, 0.29) is 19.0 Å². The molecule has 5 heteroatoms. The minimum Gasteiger partial charge on any atom is -0.333 e. The van der Waals surface area contributed by atoms with Gasteiger partial charge in [-0.3, -0.25) is 4.79 Å². The molecule has 0 saturated carbocycles. The van der Waals surface area contributed by atoms with E-state index in [0.717, 1.165) is 15.6 Å². The molecule has 1 fully saturated rings. The zero-order valence-electron chi connectivity index (χ0n) is 11.0. The molecule has 0 atom stereocenters. The molecule has 2 nitrogen and oxygen atoms in total. The molecule has 1 amide bonds. The smallest absolute Gasteiger partial charge is 0.254 e. The molecule has 108 valence electrons. The van der Waals surface area contributed by atoms with Crippen LogP contribution in [0.2, 0.25) is 5.02 Å². The maximum Gasteiger partial charge on any atom is 0.254 e. The Morgan fingerprint density at radius 1 is 1.14 bits per heavy atom. The highest BCUT2D eigenvalue weighted by Gasteiger charge is 2.30. The number of carbonyl (C=O) groups is 1. The Morgan fingerprint density at radius 3 is 2.33 bits per heavy atom. The molecule has 1 aliphatic rings. The van der Waals surface area contributed by atoms with Crippen LogP contribution in [0.1, 0.15) is 10.4 Å². The van der Waals surface area contributed by atoms with E-state index in [1.54, 1.807) is 12.1 Å². The fourth-order valence-electron chi connectivity index (χ4n) is 2.25. The van der Waals surface area contributed by atoms with Crippen LogP contribution in [0.25, 0.3) is 11.1 Å². The molecule has 0 N–H and O–H groups in total. The number of carbonyl (C=O) groups excluding carboxylic acids is 1. The van der Waals surface area contributed by atoms with Gasteiger partial charge in [-0.2, -0.15) is 0 Å². The van der Waals surface area contributed by atoms with Crippen molar-refractivity contribution in [2.75, 3.05) is 13.1 Å². The predicted molar refractivity (Wildman–Crippen MR) is 85.4 cm³/mol. The minimum absolute atomic E-state index is 0.121. The summed E-state index contributed by atoms with van der Waals surface area (Å²) in [4.78, 5) is 13.6. The molecule has 21 heavy (non-hydrogen) atoms. The van der Waals surface area contributed by atoms with Crippen LogP contribution in [0.3, 0.4) is 0 Å². The summed E-state index contributed by atoms with van der Waals surface area (Å²) in [5, 5.41) is 0.641. The van der Waals surface area contributed by atoms with E-state index in [1.807, 2.05) is 30.3 Å². The average molecular weight is 369 g/mol. The normalized spacial score (nSPS) is 14.9. The summed E-state index contributed by atoms with van der Waals surface area (Å²) in [5.41, 5.74) is 2.54. The van der Waals surface area contributed by atoms with Crippen molar-refractivity contribution < 1.29 is 9.18 Å². The van der Waals surface area contributed by atoms with Crippen LogP contribution in [0.5, 0.6) is 0 Å². The molecule has 3 rings (SSSR count). The summed E-state index contributed by atoms with van der Waals surface area (Å²) >= 11 is 9.44. The molecule has 0 aromatic heterocycles. The van der Waals surface area contributed by atoms with Gasteiger partial charge in [0.05, 0.1) is 18.1 Å². The van der Waals surface area contributed by atoms with Gasteiger partial charge in [0.25, 0.3) is 5.91 Å². The van der Waals surface area contributed by atoms with Gasteiger partial charge in [-0.1, -0.05) is 29.8 Å². The summed E-state index contributed by atoms with van der Waals surface area (Å²) in [6, 6.07) is 13.0. The van der Waals surface area contributed by atoms with Crippen LogP contribution in [0.15, 0.2) is 46.9 Å². The third-order valence-corrected chi connectivity index (χ3v) is 4.74. The van der Waals surface area contributed by atoms with Crippen LogP contribution >= 0.6 is 27.5 Å². The summed E-state index contributed by atoms with van der Waals surface area (Å²) < 4.78 is 13.6. The lowest BCUT2D eigenvalue weighted by Crippen LogP contribution is -2.51. The number of amides is 1. The first-order valence-electron chi connectivity index (χ1n) is 6.53. The third-order valence-electron chi connectivity index (χ3n) is 3.51. The number of halogens is 3. The van der Waals surface area contributed by atoms with Gasteiger partial charge in [-0.15, -0.1) is 0 Å². The van der Waals surface area contributed by atoms with Gasteiger partial charge < -0.3 is 4.90 Å². The SMILES string of the molecule is O=C(c1ccc(-c2ccc(Br)c(Cl)c2)cc1)N1CC(F)C1. The summed E-state index contributed by atoms with van der Waals surface area (Å²) in [5.74, 6) is -0.121. The zero-order valence-corrected chi connectivity index (χ0v) is 13.4. The van der Waals surface area contributed by atoms with Gasteiger partial charge in [0.2, 0.25) is 0 Å². The summed E-state index contributed by atoms with van der Waals surface area (Å²) in [7, 11) is 0. The third kappa shape index (κ3) is 2.97. The molecule has 1 heterocycles. The second-order valence-electron chi connectivity index (χ2n) is 5.01. The number of nitrogens with zero attached hydrogens (tertiary/aromatic N) is 1. The lowest BCUT2D eigenvalue weighted by Gasteiger charge is -2.34. The quantitative estimate of drug-likeness (QED) is 0.761. The largest absolute Gasteiger partial charge is 0.333 e. The van der Waals surface area contributed by atoms with E-state index < -0.39 is 6.17 Å². The molecule has 2 aromatic carbocycles. The average Bonchev–Trinajstić information content (AvgIpc) is 2.46. The Bertz CT molecular complexity index is 683. The number of hydrogen-bond donors (Lipinski definition) is 0. The van der Waals surface area contributed by atoms with Crippen molar-refractivity contribution >= 4 is 33.4 Å². The fraction of sp³-hybridized carbons (Fsp3) is 0.188. The van der Waals surface area contributed by atoms with Gasteiger partial charge in [0.15, 0.2) is 0 Å². The second-order valence-corrected chi connectivity index (χ2v) is 6.28. The molecule has 0 unspecified atom stereocenters. The van der Waals surface area contributed by atoms with Crippen LogP contribution in [-0.4, -0.2) is 30.1 Å².